The summed E-state index contributed by atoms with van der Waals surface area (Å²) in [6.07, 6.45) is 9.59. The summed E-state index contributed by atoms with van der Waals surface area (Å²) in [5, 5.41) is 0. The van der Waals surface area contributed by atoms with Crippen molar-refractivity contribution in [1.82, 2.24) is 4.90 Å². The van der Waals surface area contributed by atoms with Gasteiger partial charge < -0.3 is 16.4 Å². The molecule has 3 amide bonds. The Morgan fingerprint density at radius 1 is 0.658 bits per heavy atom. The van der Waals surface area contributed by atoms with Crippen LogP contribution in [0, 0.1) is 11.8 Å². The van der Waals surface area contributed by atoms with Gasteiger partial charge in [0.2, 0.25) is 17.7 Å². The van der Waals surface area contributed by atoms with Crippen molar-refractivity contribution in [3.05, 3.63) is 0 Å². The fourth-order valence-corrected chi connectivity index (χ4v) is 7.24. The van der Waals surface area contributed by atoms with Crippen LogP contribution < -0.4 is 11.5 Å². The topological polar surface area (TPSA) is 141 Å². The number of ketones is 2. The largest absolute Gasteiger partial charge is 0.369 e. The summed E-state index contributed by atoms with van der Waals surface area (Å²) < 4.78 is 0.987. The molecule has 0 aromatic rings. The van der Waals surface area contributed by atoms with Crippen molar-refractivity contribution in [2.75, 3.05) is 13.1 Å². The van der Waals surface area contributed by atoms with Crippen LogP contribution in [-0.4, -0.2) is 56.4 Å². The fourth-order valence-electron chi connectivity index (χ4n) is 4.42. The predicted octanol–water partition coefficient (Wildman–Crippen LogP) is 5.08. The van der Waals surface area contributed by atoms with E-state index in [1.165, 1.54) is 4.90 Å². The number of nitrogens with two attached hydrogens (primary N) is 2. The highest BCUT2D eigenvalue weighted by atomic mass is 33.2. The van der Waals surface area contributed by atoms with Crippen LogP contribution in [0.25, 0.3) is 0 Å². The van der Waals surface area contributed by atoms with Crippen LogP contribution in [0.5, 0.6) is 0 Å². The first-order valence-corrected chi connectivity index (χ1v) is 18.3. The zero-order chi connectivity index (χ0) is 27.9. The monoisotopic (exact) mass is 605 g/mol. The number of hydrogen-bond acceptors (Lipinski definition) is 9. The molecule has 4 N–H and O–H groups in total. The number of amides is 3. The van der Waals surface area contributed by atoms with E-state index < -0.39 is 0 Å². The first-order valence-electron chi connectivity index (χ1n) is 13.7. The Labute approximate surface area is 242 Å². The lowest BCUT2D eigenvalue weighted by Gasteiger charge is -2.21. The van der Waals surface area contributed by atoms with E-state index in [1.54, 1.807) is 43.2 Å². The molecule has 2 saturated heterocycles. The average Bonchev–Trinajstić information content (AvgIpc) is 3.78. The molecule has 2 heterocycles. The molecule has 2 aliphatic heterocycles. The summed E-state index contributed by atoms with van der Waals surface area (Å²) in [5.74, 6) is -0.924. The van der Waals surface area contributed by atoms with Crippen molar-refractivity contribution in [3.63, 3.8) is 0 Å². The minimum atomic E-state index is -0.245. The van der Waals surface area contributed by atoms with Gasteiger partial charge in [-0.15, -0.1) is 0 Å². The van der Waals surface area contributed by atoms with E-state index in [0.717, 1.165) is 51.4 Å². The van der Waals surface area contributed by atoms with Crippen molar-refractivity contribution in [1.29, 1.82) is 0 Å². The molecule has 0 saturated carbocycles. The summed E-state index contributed by atoms with van der Waals surface area (Å²) >= 11 is 0. The number of carbonyl (C=O) groups is 5. The number of nitrogens with zero attached hydrogens (tertiary/aromatic N) is 1. The molecule has 2 rings (SSSR count). The van der Waals surface area contributed by atoms with Gasteiger partial charge in [-0.25, -0.2) is 0 Å². The first kappa shape index (κ1) is 33.4. The maximum atomic E-state index is 12.6. The highest BCUT2D eigenvalue weighted by molar-refractivity contribution is 8.93. The lowest BCUT2D eigenvalue weighted by molar-refractivity contribution is -0.138. The number of primary amides is 2. The van der Waals surface area contributed by atoms with Gasteiger partial charge in [-0.1, -0.05) is 75.8 Å². The quantitative estimate of drug-likeness (QED) is 0.0875. The number of rotatable bonds is 24. The van der Waals surface area contributed by atoms with Gasteiger partial charge in [0.05, 0.1) is 22.3 Å². The Morgan fingerprint density at radius 3 is 1.42 bits per heavy atom. The third-order valence-electron chi connectivity index (χ3n) is 6.79. The zero-order valence-corrected chi connectivity index (χ0v) is 25.7. The molecule has 2 fully saturated rings. The van der Waals surface area contributed by atoms with Gasteiger partial charge in [-0.3, -0.25) is 24.0 Å². The predicted molar refractivity (Wildman–Crippen MR) is 160 cm³/mol. The van der Waals surface area contributed by atoms with Crippen LogP contribution in [0.1, 0.15) is 96.8 Å². The van der Waals surface area contributed by atoms with E-state index in [0.29, 0.717) is 47.7 Å². The average molecular weight is 606 g/mol. The smallest absolute Gasteiger partial charge is 0.223 e. The van der Waals surface area contributed by atoms with Crippen LogP contribution >= 0.6 is 43.2 Å². The second-order valence-corrected chi connectivity index (χ2v) is 16.1. The Balaban J connectivity index is 1.64. The molecule has 2 atom stereocenters. The Hall–Kier alpha value is -0.850. The van der Waals surface area contributed by atoms with Gasteiger partial charge in [0, 0.05) is 31.1 Å². The third-order valence-corrected chi connectivity index (χ3v) is 11.3. The second-order valence-electron chi connectivity index (χ2n) is 10.2. The maximum absolute atomic E-state index is 12.6. The van der Waals surface area contributed by atoms with Crippen LogP contribution in [0.15, 0.2) is 0 Å². The Morgan fingerprint density at radius 2 is 1.08 bits per heavy atom. The standard InChI is InChI=1S/C26H43N3O5S4/c1-2-9-22(32)29(16-20(30)12-7-3-5-10-18(25(27)33)14-23-35-36-23)17-21(31)13-8-4-6-11-19(26(28)34)15-24-37-38-24/h18-19,23-24H,2-17H2,1H3,(H2,27,33)(H2,28,34)/t18-,19-/m1/s1. The van der Waals surface area contributed by atoms with E-state index in [1.807, 2.05) is 6.92 Å². The number of Topliss-reactive ketones (excluding diaryl/α,β-unsaturated/α-hetero) is 2. The highest BCUT2D eigenvalue weighted by Gasteiger charge is 2.31. The number of carbonyl (C=O) groups excluding carboxylic acids is 5. The van der Waals surface area contributed by atoms with Crippen molar-refractivity contribution < 1.29 is 24.0 Å². The molecule has 0 aliphatic carbocycles. The van der Waals surface area contributed by atoms with Crippen LogP contribution in [0.3, 0.4) is 0 Å². The molecule has 8 nitrogen and oxygen atoms in total. The normalized spacial score (nSPS) is 16.6. The van der Waals surface area contributed by atoms with Gasteiger partial charge in [-0.2, -0.15) is 0 Å². The third kappa shape index (κ3) is 15.1. The highest BCUT2D eigenvalue weighted by Crippen LogP contribution is 2.57. The van der Waals surface area contributed by atoms with Gasteiger partial charge in [0.15, 0.2) is 11.6 Å². The van der Waals surface area contributed by atoms with Crippen molar-refractivity contribution in [3.8, 4) is 0 Å². The molecular weight excluding hydrogens is 563 g/mol. The van der Waals surface area contributed by atoms with Gasteiger partial charge in [0.25, 0.3) is 0 Å². The van der Waals surface area contributed by atoms with Crippen LogP contribution in [0.2, 0.25) is 0 Å². The molecule has 38 heavy (non-hydrogen) atoms. The van der Waals surface area contributed by atoms with Gasteiger partial charge in [0.1, 0.15) is 0 Å². The molecular formula is C26H43N3O5S4. The summed E-state index contributed by atoms with van der Waals surface area (Å²) in [5.41, 5.74) is 11.0. The van der Waals surface area contributed by atoms with E-state index in [9.17, 15) is 24.0 Å². The molecule has 0 unspecified atom stereocenters. The number of hydrogen-bond donors (Lipinski definition) is 2. The zero-order valence-electron chi connectivity index (χ0n) is 22.4. The SMILES string of the molecule is CCCC(=O)N(CC(=O)CCCCC[C@H](CC1SS1)C(N)=O)CC(=O)CCCCC[C@H](CC1SS1)C(N)=O. The lowest BCUT2D eigenvalue weighted by atomic mass is 9.97. The fraction of sp³-hybridized carbons (Fsp3) is 0.808. The molecule has 0 aromatic carbocycles. The number of unbranched alkanes of at least 4 members (excludes halogenated alkanes) is 4. The molecule has 2 aliphatic rings. The van der Waals surface area contributed by atoms with Crippen LogP contribution in [0.4, 0.5) is 0 Å². The summed E-state index contributed by atoms with van der Waals surface area (Å²) in [6.45, 7) is 1.85. The summed E-state index contributed by atoms with van der Waals surface area (Å²) in [6, 6.07) is 0. The molecule has 0 aromatic heterocycles. The van der Waals surface area contributed by atoms with Gasteiger partial charge in [-0.05, 0) is 44.9 Å². The van der Waals surface area contributed by atoms with Gasteiger partial charge >= 0.3 is 0 Å². The first-order chi connectivity index (χ1) is 18.2. The minimum Gasteiger partial charge on any atom is -0.369 e. The van der Waals surface area contributed by atoms with E-state index in [4.69, 9.17) is 11.5 Å². The maximum Gasteiger partial charge on any atom is 0.223 e. The molecule has 0 bridgehead atoms. The molecule has 216 valence electrons. The van der Waals surface area contributed by atoms with E-state index in [-0.39, 0.29) is 54.2 Å². The molecule has 0 spiro atoms. The Bertz CT molecular complexity index is 752. The van der Waals surface area contributed by atoms with E-state index >= 15 is 0 Å². The summed E-state index contributed by atoms with van der Waals surface area (Å²) in [4.78, 5) is 62.4. The summed E-state index contributed by atoms with van der Waals surface area (Å²) in [7, 11) is 7.12. The minimum absolute atomic E-state index is 0.0257. The van der Waals surface area contributed by atoms with Crippen molar-refractivity contribution >= 4 is 72.5 Å². The Kier molecular flexibility index (Phi) is 16.2. The molecule has 12 heteroatoms. The second kappa shape index (κ2) is 18.5. The van der Waals surface area contributed by atoms with Crippen LogP contribution in [-0.2, 0) is 24.0 Å². The van der Waals surface area contributed by atoms with Crippen molar-refractivity contribution in [2.45, 2.75) is 106 Å². The molecule has 0 radical (unpaired) electrons. The lowest BCUT2D eigenvalue weighted by Crippen LogP contribution is -2.39. The van der Waals surface area contributed by atoms with E-state index in [2.05, 4.69) is 0 Å². The van der Waals surface area contributed by atoms with Crippen molar-refractivity contribution in [2.24, 2.45) is 23.3 Å².